The zero-order chi connectivity index (χ0) is 11.5. The van der Waals surface area contributed by atoms with Crippen LogP contribution in [0.25, 0.3) is 0 Å². The second kappa shape index (κ2) is 5.00. The molecule has 2 aliphatic rings. The van der Waals surface area contributed by atoms with Gasteiger partial charge in [0.1, 0.15) is 11.9 Å². The van der Waals surface area contributed by atoms with E-state index in [2.05, 4.69) is 15.3 Å². The smallest absolute Gasteiger partial charge is 0.156 e. The van der Waals surface area contributed by atoms with Crippen LogP contribution in [0.3, 0.4) is 0 Å². The second-order valence-corrected chi connectivity index (χ2v) is 4.99. The first-order valence-corrected chi connectivity index (χ1v) is 6.61. The fourth-order valence-electron chi connectivity index (χ4n) is 2.70. The molecule has 1 aromatic heterocycles. The van der Waals surface area contributed by atoms with Gasteiger partial charge in [0, 0.05) is 12.5 Å². The van der Waals surface area contributed by atoms with Crippen molar-refractivity contribution in [2.24, 2.45) is 0 Å². The molecule has 1 atom stereocenters. The topological polar surface area (TPSA) is 47.0 Å². The van der Waals surface area contributed by atoms with Crippen molar-refractivity contribution in [1.29, 1.82) is 0 Å². The number of ether oxygens (including phenoxy) is 1. The summed E-state index contributed by atoms with van der Waals surface area (Å²) in [5.41, 5.74) is 0. The Balaban J connectivity index is 1.62. The van der Waals surface area contributed by atoms with Crippen LogP contribution in [0, 0.1) is 0 Å². The molecule has 0 spiro atoms. The van der Waals surface area contributed by atoms with Gasteiger partial charge in [-0.1, -0.05) is 12.8 Å². The van der Waals surface area contributed by atoms with Gasteiger partial charge < -0.3 is 10.1 Å². The molecule has 1 N–H and O–H groups in total. The van der Waals surface area contributed by atoms with Crippen molar-refractivity contribution < 1.29 is 4.74 Å². The predicted octanol–water partition coefficient (Wildman–Crippen LogP) is 1.87. The molecule has 1 unspecified atom stereocenters. The second-order valence-electron chi connectivity index (χ2n) is 4.99. The third kappa shape index (κ3) is 2.57. The zero-order valence-electron chi connectivity index (χ0n) is 10.1. The zero-order valence-corrected chi connectivity index (χ0v) is 10.1. The van der Waals surface area contributed by atoms with Gasteiger partial charge in [0.25, 0.3) is 0 Å². The predicted molar refractivity (Wildman–Crippen MR) is 65.1 cm³/mol. The van der Waals surface area contributed by atoms with Gasteiger partial charge in [0.05, 0.1) is 12.4 Å². The molecule has 1 saturated heterocycles. The Morgan fingerprint density at radius 2 is 1.88 bits per heavy atom. The number of rotatable bonds is 3. The summed E-state index contributed by atoms with van der Waals surface area (Å²) in [5.74, 6) is 2.39. The minimum absolute atomic E-state index is 0.288. The van der Waals surface area contributed by atoms with E-state index in [-0.39, 0.29) is 6.10 Å². The summed E-state index contributed by atoms with van der Waals surface area (Å²) in [6, 6.07) is 0. The van der Waals surface area contributed by atoms with Gasteiger partial charge in [-0.15, -0.1) is 0 Å². The Bertz CT molecular complexity index is 353. The third-order valence-electron chi connectivity index (χ3n) is 3.69. The number of nitrogens with zero attached hydrogens (tertiary/aromatic N) is 2. The van der Waals surface area contributed by atoms with Gasteiger partial charge in [-0.2, -0.15) is 0 Å². The molecule has 17 heavy (non-hydrogen) atoms. The first-order valence-electron chi connectivity index (χ1n) is 6.61. The van der Waals surface area contributed by atoms with E-state index in [1.165, 1.54) is 25.7 Å². The molecule has 1 aliphatic carbocycles. The third-order valence-corrected chi connectivity index (χ3v) is 3.69. The lowest BCUT2D eigenvalue weighted by Crippen LogP contribution is -2.19. The summed E-state index contributed by atoms with van der Waals surface area (Å²) >= 11 is 0. The molecule has 0 amide bonds. The highest BCUT2D eigenvalue weighted by molar-refractivity contribution is 5.15. The fraction of sp³-hybridized carbons (Fsp3) is 0.692. The lowest BCUT2D eigenvalue weighted by atomic mass is 10.1. The van der Waals surface area contributed by atoms with Crippen LogP contribution in [0.1, 0.15) is 43.8 Å². The molecule has 4 heteroatoms. The minimum Gasteiger partial charge on any atom is -0.486 e. The van der Waals surface area contributed by atoms with Crippen LogP contribution in [0.5, 0.6) is 5.75 Å². The van der Waals surface area contributed by atoms with Gasteiger partial charge in [-0.25, -0.2) is 9.97 Å². The van der Waals surface area contributed by atoms with Crippen molar-refractivity contribution in [2.45, 2.75) is 44.1 Å². The van der Waals surface area contributed by atoms with Gasteiger partial charge >= 0.3 is 0 Å². The monoisotopic (exact) mass is 233 g/mol. The van der Waals surface area contributed by atoms with E-state index in [1.807, 2.05) is 12.4 Å². The van der Waals surface area contributed by atoms with Crippen molar-refractivity contribution in [3.05, 3.63) is 18.2 Å². The van der Waals surface area contributed by atoms with E-state index >= 15 is 0 Å². The van der Waals surface area contributed by atoms with Crippen LogP contribution in [-0.4, -0.2) is 29.2 Å². The van der Waals surface area contributed by atoms with Crippen molar-refractivity contribution in [3.8, 4) is 5.75 Å². The molecule has 0 aromatic carbocycles. The van der Waals surface area contributed by atoms with Gasteiger partial charge in [-0.3, -0.25) is 0 Å². The number of aromatic nitrogens is 2. The molecule has 1 aromatic rings. The first-order chi connectivity index (χ1) is 8.42. The highest BCUT2D eigenvalue weighted by atomic mass is 16.5. The highest BCUT2D eigenvalue weighted by Gasteiger charge is 2.20. The molecular formula is C13H19N3O. The van der Waals surface area contributed by atoms with Gasteiger partial charge in [0.15, 0.2) is 5.75 Å². The van der Waals surface area contributed by atoms with Crippen molar-refractivity contribution >= 4 is 0 Å². The maximum atomic E-state index is 5.81. The van der Waals surface area contributed by atoms with Crippen molar-refractivity contribution in [1.82, 2.24) is 15.3 Å². The molecule has 0 radical (unpaired) electrons. The lowest BCUT2D eigenvalue weighted by molar-refractivity contribution is 0.221. The summed E-state index contributed by atoms with van der Waals surface area (Å²) in [6.45, 7) is 1.98. The van der Waals surface area contributed by atoms with Crippen LogP contribution in [-0.2, 0) is 0 Å². The van der Waals surface area contributed by atoms with E-state index < -0.39 is 0 Å². The number of nitrogens with one attached hydrogen (secondary N) is 1. The van der Waals surface area contributed by atoms with E-state index in [4.69, 9.17) is 4.74 Å². The van der Waals surface area contributed by atoms with Crippen LogP contribution in [0.15, 0.2) is 12.4 Å². The highest BCUT2D eigenvalue weighted by Crippen LogP contribution is 2.32. The SMILES string of the molecule is c1nc(C2CCCC2)ncc1OC1CCNC1. The maximum absolute atomic E-state index is 5.81. The molecule has 1 saturated carbocycles. The normalized spacial score (nSPS) is 25.3. The quantitative estimate of drug-likeness (QED) is 0.866. The van der Waals surface area contributed by atoms with Crippen molar-refractivity contribution in [3.63, 3.8) is 0 Å². The van der Waals surface area contributed by atoms with Crippen LogP contribution in [0.4, 0.5) is 0 Å². The summed E-state index contributed by atoms with van der Waals surface area (Å²) in [4.78, 5) is 8.89. The molecule has 2 fully saturated rings. The Kier molecular flexibility index (Phi) is 3.22. The first kappa shape index (κ1) is 11.0. The maximum Gasteiger partial charge on any atom is 0.156 e. The molecule has 2 heterocycles. The number of hydrogen-bond donors (Lipinski definition) is 1. The van der Waals surface area contributed by atoms with Crippen LogP contribution >= 0.6 is 0 Å². The lowest BCUT2D eigenvalue weighted by Gasteiger charge is -2.12. The van der Waals surface area contributed by atoms with E-state index in [9.17, 15) is 0 Å². The summed E-state index contributed by atoms with van der Waals surface area (Å²) < 4.78 is 5.81. The summed E-state index contributed by atoms with van der Waals surface area (Å²) in [7, 11) is 0. The molecule has 0 bridgehead atoms. The molecular weight excluding hydrogens is 214 g/mol. The minimum atomic E-state index is 0.288. The van der Waals surface area contributed by atoms with E-state index in [0.717, 1.165) is 31.1 Å². The number of hydrogen-bond acceptors (Lipinski definition) is 4. The molecule has 1 aliphatic heterocycles. The van der Waals surface area contributed by atoms with Gasteiger partial charge in [0.2, 0.25) is 0 Å². The fourth-order valence-corrected chi connectivity index (χ4v) is 2.70. The van der Waals surface area contributed by atoms with E-state index in [1.54, 1.807) is 0 Å². The summed E-state index contributed by atoms with van der Waals surface area (Å²) in [5, 5.41) is 3.28. The van der Waals surface area contributed by atoms with E-state index in [0.29, 0.717) is 5.92 Å². The summed E-state index contributed by atoms with van der Waals surface area (Å²) in [6.07, 6.45) is 10.2. The average molecular weight is 233 g/mol. The Morgan fingerprint density at radius 1 is 1.12 bits per heavy atom. The molecule has 3 rings (SSSR count). The Labute approximate surface area is 102 Å². The van der Waals surface area contributed by atoms with Crippen LogP contribution < -0.4 is 10.1 Å². The Hall–Kier alpha value is -1.16. The largest absolute Gasteiger partial charge is 0.486 e. The molecule has 92 valence electrons. The van der Waals surface area contributed by atoms with Gasteiger partial charge in [-0.05, 0) is 25.8 Å². The van der Waals surface area contributed by atoms with Crippen molar-refractivity contribution in [2.75, 3.05) is 13.1 Å². The Morgan fingerprint density at radius 3 is 2.53 bits per heavy atom. The standard InChI is InChI=1S/C13H19N3O/c1-2-4-10(3-1)13-15-8-12(9-16-13)17-11-5-6-14-7-11/h8-11,14H,1-7H2. The molecule has 4 nitrogen and oxygen atoms in total. The average Bonchev–Trinajstić information content (AvgIpc) is 3.01. The van der Waals surface area contributed by atoms with Crippen LogP contribution in [0.2, 0.25) is 0 Å².